The van der Waals surface area contributed by atoms with Gasteiger partial charge in [0.15, 0.2) is 6.10 Å². The van der Waals surface area contributed by atoms with Gasteiger partial charge in [-0.3, -0.25) is 4.90 Å². The first-order chi connectivity index (χ1) is 18.2. The Morgan fingerprint density at radius 3 is 2.08 bits per heavy atom. The lowest BCUT2D eigenvalue weighted by Gasteiger charge is -2.49. The normalized spacial score (nSPS) is 24.2. The van der Waals surface area contributed by atoms with Crippen molar-refractivity contribution in [2.24, 2.45) is 5.92 Å². The summed E-state index contributed by atoms with van der Waals surface area (Å²) in [6.45, 7) is 0.182. The molecular formula is C32H34N2O3. The van der Waals surface area contributed by atoms with Crippen LogP contribution in [0.2, 0.25) is 0 Å². The average molecular weight is 495 g/mol. The summed E-state index contributed by atoms with van der Waals surface area (Å²) >= 11 is 0. The van der Waals surface area contributed by atoms with Crippen LogP contribution in [0.15, 0.2) is 91.0 Å². The number of nitriles is 1. The van der Waals surface area contributed by atoms with Crippen LogP contribution in [0.4, 0.5) is 4.79 Å². The summed E-state index contributed by atoms with van der Waals surface area (Å²) in [5, 5.41) is 10.3. The van der Waals surface area contributed by atoms with Crippen LogP contribution in [-0.4, -0.2) is 23.1 Å². The molecule has 4 atom stereocenters. The van der Waals surface area contributed by atoms with Gasteiger partial charge in [-0.05, 0) is 29.0 Å². The maximum atomic E-state index is 14.0. The van der Waals surface area contributed by atoms with Crippen LogP contribution in [0, 0.1) is 17.2 Å². The third-order valence-electron chi connectivity index (χ3n) is 7.70. The fourth-order valence-corrected chi connectivity index (χ4v) is 5.87. The quantitative estimate of drug-likeness (QED) is 0.359. The second-order valence-electron chi connectivity index (χ2n) is 10.1. The predicted octanol–water partition coefficient (Wildman–Crippen LogP) is 7.37. The van der Waals surface area contributed by atoms with Crippen LogP contribution in [0.5, 0.6) is 0 Å². The van der Waals surface area contributed by atoms with Crippen LogP contribution in [-0.2, 0) is 16.1 Å². The number of benzene rings is 3. The molecule has 190 valence electrons. The molecule has 1 saturated heterocycles. The van der Waals surface area contributed by atoms with E-state index in [9.17, 15) is 10.1 Å². The molecular weight excluding hydrogens is 460 g/mol. The minimum absolute atomic E-state index is 0.182. The SMILES string of the molecule is N#C[C@@H]1O[C@@H](c2ccccc2)[C@@H](c2ccccc2)N(C(=O)OCc2ccccc2)[C@H]1CC1CCCCC1. The highest BCUT2D eigenvalue weighted by Crippen LogP contribution is 2.46. The number of ether oxygens (including phenoxy) is 2. The van der Waals surface area contributed by atoms with Crippen molar-refractivity contribution in [3.63, 3.8) is 0 Å². The molecule has 3 aromatic rings. The highest BCUT2D eigenvalue weighted by molar-refractivity contribution is 5.69. The number of amides is 1. The largest absolute Gasteiger partial charge is 0.445 e. The minimum Gasteiger partial charge on any atom is -0.445 e. The van der Waals surface area contributed by atoms with E-state index in [1.165, 1.54) is 19.3 Å². The van der Waals surface area contributed by atoms with Crippen LogP contribution in [0.3, 0.4) is 0 Å². The van der Waals surface area contributed by atoms with Gasteiger partial charge in [-0.15, -0.1) is 0 Å². The molecule has 1 heterocycles. The standard InChI is InChI=1S/C32H34N2O3/c33-22-29-28(21-24-13-5-1-6-14-24)34(32(35)36-23-25-15-7-2-8-16-25)30(26-17-9-3-10-18-26)31(37-29)27-19-11-4-12-20-27/h2-4,7-12,15-20,24,28-31H,1,5-6,13-14,21,23H2/t28-,29-,30+,31-/m0/s1. The third kappa shape index (κ3) is 5.87. The summed E-state index contributed by atoms with van der Waals surface area (Å²) in [6, 6.07) is 31.2. The summed E-state index contributed by atoms with van der Waals surface area (Å²) in [5.41, 5.74) is 2.84. The molecule has 5 rings (SSSR count). The van der Waals surface area contributed by atoms with E-state index in [4.69, 9.17) is 9.47 Å². The van der Waals surface area contributed by atoms with Crippen molar-refractivity contribution in [2.45, 2.75) is 69.4 Å². The Hall–Kier alpha value is -3.62. The Balaban J connectivity index is 1.54. The lowest BCUT2D eigenvalue weighted by Crippen LogP contribution is -2.56. The van der Waals surface area contributed by atoms with E-state index in [0.29, 0.717) is 5.92 Å². The Kier molecular flexibility index (Phi) is 8.18. The zero-order valence-electron chi connectivity index (χ0n) is 21.1. The molecule has 37 heavy (non-hydrogen) atoms. The molecule has 3 aromatic carbocycles. The number of hydrogen-bond donors (Lipinski definition) is 0. The monoisotopic (exact) mass is 494 g/mol. The maximum absolute atomic E-state index is 14.0. The van der Waals surface area contributed by atoms with Crippen molar-refractivity contribution in [1.29, 1.82) is 5.26 Å². The molecule has 5 heteroatoms. The molecule has 2 fully saturated rings. The van der Waals surface area contributed by atoms with Crippen molar-refractivity contribution >= 4 is 6.09 Å². The first kappa shape index (κ1) is 25.0. The van der Waals surface area contributed by atoms with Crippen molar-refractivity contribution in [2.75, 3.05) is 0 Å². The average Bonchev–Trinajstić information content (AvgIpc) is 2.97. The van der Waals surface area contributed by atoms with E-state index in [2.05, 4.69) is 6.07 Å². The summed E-state index contributed by atoms with van der Waals surface area (Å²) < 4.78 is 12.5. The first-order valence-corrected chi connectivity index (χ1v) is 13.4. The Bertz CT molecular complexity index is 1170. The van der Waals surface area contributed by atoms with E-state index in [-0.39, 0.29) is 12.6 Å². The number of carbonyl (C=O) groups is 1. The summed E-state index contributed by atoms with van der Waals surface area (Å²) in [4.78, 5) is 15.8. The molecule has 1 aliphatic carbocycles. The Morgan fingerprint density at radius 1 is 0.865 bits per heavy atom. The van der Waals surface area contributed by atoms with E-state index in [0.717, 1.165) is 36.0 Å². The molecule has 1 aliphatic heterocycles. The van der Waals surface area contributed by atoms with E-state index in [1.807, 2.05) is 95.9 Å². The fraction of sp³-hybridized carbons (Fsp3) is 0.375. The summed E-state index contributed by atoms with van der Waals surface area (Å²) in [7, 11) is 0. The second kappa shape index (κ2) is 12.1. The zero-order chi connectivity index (χ0) is 25.5. The van der Waals surface area contributed by atoms with Gasteiger partial charge in [0.25, 0.3) is 0 Å². The number of carbonyl (C=O) groups excluding carboxylic acids is 1. The van der Waals surface area contributed by atoms with Gasteiger partial charge in [0.1, 0.15) is 12.7 Å². The van der Waals surface area contributed by atoms with Gasteiger partial charge < -0.3 is 9.47 Å². The number of rotatable bonds is 6. The number of nitrogens with zero attached hydrogens (tertiary/aromatic N) is 2. The molecule has 0 radical (unpaired) electrons. The molecule has 5 nitrogen and oxygen atoms in total. The van der Waals surface area contributed by atoms with Gasteiger partial charge in [0.2, 0.25) is 0 Å². The van der Waals surface area contributed by atoms with Crippen LogP contribution < -0.4 is 0 Å². The smallest absolute Gasteiger partial charge is 0.411 e. The third-order valence-corrected chi connectivity index (χ3v) is 7.70. The maximum Gasteiger partial charge on any atom is 0.411 e. The second-order valence-corrected chi connectivity index (χ2v) is 10.1. The molecule has 0 N–H and O–H groups in total. The Labute approximate surface area is 219 Å². The van der Waals surface area contributed by atoms with Gasteiger partial charge in [0.05, 0.1) is 18.2 Å². The predicted molar refractivity (Wildman–Crippen MR) is 142 cm³/mol. The molecule has 1 amide bonds. The number of hydrogen-bond acceptors (Lipinski definition) is 4. The molecule has 0 aromatic heterocycles. The van der Waals surface area contributed by atoms with Crippen molar-refractivity contribution in [3.8, 4) is 6.07 Å². The molecule has 0 unspecified atom stereocenters. The van der Waals surface area contributed by atoms with E-state index >= 15 is 0 Å². The topological polar surface area (TPSA) is 62.6 Å². The number of morpholine rings is 1. The zero-order valence-corrected chi connectivity index (χ0v) is 21.1. The van der Waals surface area contributed by atoms with Crippen molar-refractivity contribution in [1.82, 2.24) is 4.90 Å². The van der Waals surface area contributed by atoms with Crippen LogP contribution in [0.1, 0.15) is 67.4 Å². The van der Waals surface area contributed by atoms with Gasteiger partial charge in [-0.1, -0.05) is 123 Å². The summed E-state index contributed by atoms with van der Waals surface area (Å²) in [6.07, 6.45) is 5.01. The first-order valence-electron chi connectivity index (χ1n) is 13.4. The molecule has 0 spiro atoms. The van der Waals surface area contributed by atoms with Gasteiger partial charge >= 0.3 is 6.09 Å². The summed E-state index contributed by atoms with van der Waals surface area (Å²) in [5.74, 6) is 0.465. The molecule has 0 bridgehead atoms. The van der Waals surface area contributed by atoms with E-state index in [1.54, 1.807) is 0 Å². The van der Waals surface area contributed by atoms with E-state index < -0.39 is 24.3 Å². The fourth-order valence-electron chi connectivity index (χ4n) is 5.87. The van der Waals surface area contributed by atoms with Crippen molar-refractivity contribution in [3.05, 3.63) is 108 Å². The van der Waals surface area contributed by atoms with Gasteiger partial charge in [-0.25, -0.2) is 4.79 Å². The Morgan fingerprint density at radius 2 is 1.46 bits per heavy atom. The lowest BCUT2D eigenvalue weighted by molar-refractivity contribution is -0.133. The van der Waals surface area contributed by atoms with Crippen LogP contribution >= 0.6 is 0 Å². The lowest BCUT2D eigenvalue weighted by atomic mass is 9.81. The molecule has 2 aliphatic rings. The highest BCUT2D eigenvalue weighted by atomic mass is 16.6. The van der Waals surface area contributed by atoms with Gasteiger partial charge in [-0.2, -0.15) is 5.26 Å². The van der Waals surface area contributed by atoms with Crippen molar-refractivity contribution < 1.29 is 14.3 Å². The highest BCUT2D eigenvalue weighted by Gasteiger charge is 2.48. The van der Waals surface area contributed by atoms with Crippen LogP contribution in [0.25, 0.3) is 0 Å². The minimum atomic E-state index is -0.739. The molecule has 1 saturated carbocycles. The van der Waals surface area contributed by atoms with Gasteiger partial charge in [0, 0.05) is 0 Å².